The average Bonchev–Trinajstić information content (AvgIpc) is 3.56. The average molecular weight is 550 g/mol. The molecule has 3 heterocycles. The van der Waals surface area contributed by atoms with Crippen LogP contribution in [-0.4, -0.2) is 9.49 Å². The molecular weight excluding hydrogens is 529 g/mol. The van der Waals surface area contributed by atoms with Gasteiger partial charge in [0.15, 0.2) is 4.80 Å². The van der Waals surface area contributed by atoms with Crippen LogP contribution in [0.15, 0.2) is 105 Å². The standard InChI is InChI=1S/C31H20FN3O4S/c32-20-12-9-19(10-13-20)29-24-15-11-18-5-1-2-6-22(18)28(24)33-31-34(29)30(36)27(40-31)17-21-14-16-26(39-21)23-7-3-4-8-25(23)35(37)38/h1-10,12-14,16-17,29H,11,15H2/b27-17+/t29-/m1/s1. The quantitative estimate of drug-likeness (QED) is 0.215. The summed E-state index contributed by atoms with van der Waals surface area (Å²) in [6.45, 7) is 0. The molecule has 2 aromatic heterocycles. The zero-order valence-corrected chi connectivity index (χ0v) is 21.7. The molecule has 9 heteroatoms. The number of thiazole rings is 1. The van der Waals surface area contributed by atoms with Gasteiger partial charge in [-0.2, -0.15) is 0 Å². The molecule has 1 atom stereocenters. The van der Waals surface area contributed by atoms with Gasteiger partial charge in [0.25, 0.3) is 11.2 Å². The summed E-state index contributed by atoms with van der Waals surface area (Å²) in [5.41, 5.74) is 5.03. The number of nitrogens with zero attached hydrogens (tertiary/aromatic N) is 3. The van der Waals surface area contributed by atoms with E-state index in [1.165, 1.54) is 35.1 Å². The van der Waals surface area contributed by atoms with E-state index < -0.39 is 11.0 Å². The minimum absolute atomic E-state index is 0.0621. The molecule has 0 fully saturated rings. The van der Waals surface area contributed by atoms with E-state index in [4.69, 9.17) is 9.41 Å². The van der Waals surface area contributed by atoms with Crippen LogP contribution in [0.4, 0.5) is 10.1 Å². The van der Waals surface area contributed by atoms with E-state index in [1.54, 1.807) is 53.1 Å². The van der Waals surface area contributed by atoms with Gasteiger partial charge in [-0.05, 0) is 59.9 Å². The smallest absolute Gasteiger partial charge is 0.280 e. The first-order valence-electron chi connectivity index (χ1n) is 12.7. The third-order valence-corrected chi connectivity index (χ3v) is 8.31. The van der Waals surface area contributed by atoms with E-state index in [-0.39, 0.29) is 17.1 Å². The van der Waals surface area contributed by atoms with Gasteiger partial charge in [0.05, 0.1) is 26.8 Å². The number of nitro benzene ring substituents is 1. The summed E-state index contributed by atoms with van der Waals surface area (Å²) >= 11 is 1.25. The molecule has 2 aliphatic rings. The molecule has 0 bridgehead atoms. The lowest BCUT2D eigenvalue weighted by molar-refractivity contribution is -0.384. The van der Waals surface area contributed by atoms with E-state index in [9.17, 15) is 19.3 Å². The number of rotatable bonds is 4. The maximum absolute atomic E-state index is 13.9. The summed E-state index contributed by atoms with van der Waals surface area (Å²) in [5, 5.41) is 11.5. The molecule has 1 aliphatic carbocycles. The van der Waals surface area contributed by atoms with Gasteiger partial charge in [-0.1, -0.05) is 59.9 Å². The topological polar surface area (TPSA) is 90.6 Å². The van der Waals surface area contributed by atoms with Crippen molar-refractivity contribution in [3.05, 3.63) is 149 Å². The molecule has 5 aromatic rings. The normalized spacial score (nSPS) is 16.2. The Balaban J connectivity index is 1.39. The van der Waals surface area contributed by atoms with Crippen molar-refractivity contribution in [2.24, 2.45) is 4.99 Å². The molecule has 0 unspecified atom stereocenters. The van der Waals surface area contributed by atoms with Crippen molar-refractivity contribution in [3.8, 4) is 11.3 Å². The monoisotopic (exact) mass is 549 g/mol. The van der Waals surface area contributed by atoms with Crippen molar-refractivity contribution in [3.63, 3.8) is 0 Å². The molecule has 196 valence electrons. The summed E-state index contributed by atoms with van der Waals surface area (Å²) in [4.78, 5) is 30.4. The second-order valence-electron chi connectivity index (χ2n) is 9.64. The minimum Gasteiger partial charge on any atom is -0.456 e. The zero-order valence-electron chi connectivity index (χ0n) is 20.9. The van der Waals surface area contributed by atoms with Crippen LogP contribution < -0.4 is 14.9 Å². The van der Waals surface area contributed by atoms with Gasteiger partial charge in [-0.15, -0.1) is 0 Å². The van der Waals surface area contributed by atoms with E-state index >= 15 is 0 Å². The lowest BCUT2D eigenvalue weighted by Gasteiger charge is -2.30. The Labute approximate surface area is 230 Å². The molecule has 0 saturated heterocycles. The second kappa shape index (κ2) is 9.39. The number of aromatic nitrogens is 1. The van der Waals surface area contributed by atoms with Crippen molar-refractivity contribution in [1.82, 2.24) is 4.57 Å². The predicted molar refractivity (Wildman–Crippen MR) is 150 cm³/mol. The molecular formula is C31H20FN3O4S. The first-order valence-corrected chi connectivity index (χ1v) is 13.5. The van der Waals surface area contributed by atoms with Gasteiger partial charge in [0.2, 0.25) is 0 Å². The van der Waals surface area contributed by atoms with Crippen molar-refractivity contribution in [1.29, 1.82) is 0 Å². The lowest BCUT2D eigenvalue weighted by Crippen LogP contribution is -2.38. The number of nitro groups is 1. The van der Waals surface area contributed by atoms with Crippen LogP contribution in [0.25, 0.3) is 23.1 Å². The van der Waals surface area contributed by atoms with E-state index in [1.807, 2.05) is 12.1 Å². The highest BCUT2D eigenvalue weighted by molar-refractivity contribution is 7.07. The van der Waals surface area contributed by atoms with Crippen molar-refractivity contribution in [2.45, 2.75) is 18.9 Å². The van der Waals surface area contributed by atoms with Crippen LogP contribution >= 0.6 is 11.3 Å². The predicted octanol–water partition coefficient (Wildman–Crippen LogP) is 5.63. The molecule has 0 N–H and O–H groups in total. The fourth-order valence-electron chi connectivity index (χ4n) is 5.51. The Kier molecular flexibility index (Phi) is 5.67. The van der Waals surface area contributed by atoms with Gasteiger partial charge >= 0.3 is 0 Å². The molecule has 0 spiro atoms. The third-order valence-electron chi connectivity index (χ3n) is 7.33. The summed E-state index contributed by atoms with van der Waals surface area (Å²) in [6, 6.07) is 23.7. The highest BCUT2D eigenvalue weighted by Crippen LogP contribution is 2.41. The molecule has 40 heavy (non-hydrogen) atoms. The van der Waals surface area contributed by atoms with Gasteiger partial charge in [-0.3, -0.25) is 19.5 Å². The summed E-state index contributed by atoms with van der Waals surface area (Å²) in [5.74, 6) is 0.389. The Morgan fingerprint density at radius 1 is 0.975 bits per heavy atom. The van der Waals surface area contributed by atoms with Crippen molar-refractivity contribution >= 4 is 28.8 Å². The number of hydrogen-bond donors (Lipinski definition) is 0. The summed E-state index contributed by atoms with van der Waals surface area (Å²) in [7, 11) is 0. The molecule has 0 amide bonds. The number of benzene rings is 3. The Morgan fingerprint density at radius 3 is 2.52 bits per heavy atom. The number of aryl methyl sites for hydroxylation is 1. The molecule has 3 aromatic carbocycles. The molecule has 0 radical (unpaired) electrons. The number of para-hydroxylation sites is 1. The van der Waals surface area contributed by atoms with E-state index in [0.717, 1.165) is 35.2 Å². The first-order chi connectivity index (χ1) is 19.5. The third kappa shape index (κ3) is 3.94. The van der Waals surface area contributed by atoms with Crippen molar-refractivity contribution in [2.75, 3.05) is 0 Å². The zero-order chi connectivity index (χ0) is 27.4. The second-order valence-corrected chi connectivity index (χ2v) is 10.7. The van der Waals surface area contributed by atoms with Gasteiger partial charge in [-0.25, -0.2) is 9.38 Å². The Bertz CT molecular complexity index is 2040. The van der Waals surface area contributed by atoms with Gasteiger partial charge < -0.3 is 4.42 Å². The SMILES string of the molecule is O=c1/c(=C\c2ccc(-c3ccccc3[N+](=O)[O-])o2)sc2n1[C@H](c1ccc(F)cc1)C1=C(N=2)c2ccccc2CC1. The molecule has 1 aliphatic heterocycles. The fourth-order valence-corrected chi connectivity index (χ4v) is 6.49. The highest BCUT2D eigenvalue weighted by atomic mass is 32.1. The summed E-state index contributed by atoms with van der Waals surface area (Å²) in [6.07, 6.45) is 3.20. The number of fused-ring (bicyclic) bond motifs is 3. The number of hydrogen-bond acceptors (Lipinski definition) is 6. The van der Waals surface area contributed by atoms with Gasteiger partial charge in [0, 0.05) is 17.7 Å². The van der Waals surface area contributed by atoms with Crippen LogP contribution in [0.5, 0.6) is 0 Å². The Morgan fingerprint density at radius 2 is 1.73 bits per heavy atom. The van der Waals surface area contributed by atoms with E-state index in [0.29, 0.717) is 26.4 Å². The largest absolute Gasteiger partial charge is 0.456 e. The number of allylic oxidation sites excluding steroid dienone is 1. The number of halogens is 1. The maximum atomic E-state index is 13.9. The summed E-state index contributed by atoms with van der Waals surface area (Å²) < 4.78 is 21.9. The number of furan rings is 1. The Hall–Kier alpha value is -4.89. The van der Waals surface area contributed by atoms with Crippen molar-refractivity contribution < 1.29 is 13.7 Å². The minimum atomic E-state index is -0.453. The molecule has 7 rings (SSSR count). The molecule has 0 saturated carbocycles. The van der Waals surface area contributed by atoms with Crippen LogP contribution in [0, 0.1) is 15.9 Å². The maximum Gasteiger partial charge on any atom is 0.280 e. The van der Waals surface area contributed by atoms with Crippen LogP contribution in [0.1, 0.15) is 34.9 Å². The fraction of sp³-hybridized carbons (Fsp3) is 0.0968. The highest BCUT2D eigenvalue weighted by Gasteiger charge is 2.32. The van der Waals surface area contributed by atoms with Gasteiger partial charge in [0.1, 0.15) is 17.3 Å². The molecule has 7 nitrogen and oxygen atoms in total. The van der Waals surface area contributed by atoms with E-state index in [2.05, 4.69) is 12.1 Å². The van der Waals surface area contributed by atoms with Crippen LogP contribution in [0.3, 0.4) is 0 Å². The first kappa shape index (κ1) is 24.2. The lowest BCUT2D eigenvalue weighted by atomic mass is 9.83. The van der Waals surface area contributed by atoms with Crippen LogP contribution in [-0.2, 0) is 6.42 Å². The van der Waals surface area contributed by atoms with Crippen LogP contribution in [0.2, 0.25) is 0 Å².